The molecule has 218 valence electrons. The van der Waals surface area contributed by atoms with Crippen LogP contribution in [0.4, 0.5) is 0 Å². The van der Waals surface area contributed by atoms with Gasteiger partial charge in [-0.1, -0.05) is 141 Å². The van der Waals surface area contributed by atoms with Crippen molar-refractivity contribution in [1.29, 1.82) is 0 Å². The standard InChI is InChI=1S/C42H29N3O/c1-42(2)33-22-13-21-32(36(33)31-24-25-35-37(38(31)42)30-20-11-12-23-34(30)46-35)41-44-39(27-16-7-4-8-17-27)43-40(45-41)29-19-10-9-18-28(29)26-14-5-3-6-15-26/h3-25H,1-2H3. The van der Waals surface area contributed by atoms with Crippen molar-refractivity contribution in [3.8, 4) is 56.4 Å². The molecule has 0 bridgehead atoms. The lowest BCUT2D eigenvalue weighted by molar-refractivity contribution is 0.657. The van der Waals surface area contributed by atoms with Crippen LogP contribution >= 0.6 is 0 Å². The van der Waals surface area contributed by atoms with Crippen molar-refractivity contribution in [1.82, 2.24) is 15.0 Å². The van der Waals surface area contributed by atoms with E-state index in [1.54, 1.807) is 0 Å². The van der Waals surface area contributed by atoms with Gasteiger partial charge in [-0.25, -0.2) is 15.0 Å². The van der Waals surface area contributed by atoms with Crippen molar-refractivity contribution in [2.45, 2.75) is 19.3 Å². The lowest BCUT2D eigenvalue weighted by atomic mass is 9.80. The zero-order valence-corrected chi connectivity index (χ0v) is 25.5. The minimum atomic E-state index is -0.259. The van der Waals surface area contributed by atoms with E-state index in [2.05, 4.69) is 111 Å². The maximum Gasteiger partial charge on any atom is 0.164 e. The molecule has 0 spiro atoms. The minimum Gasteiger partial charge on any atom is -0.456 e. The molecule has 6 aromatic carbocycles. The first-order valence-electron chi connectivity index (χ1n) is 15.6. The average molecular weight is 592 g/mol. The Bertz CT molecular complexity index is 2440. The lowest BCUT2D eigenvalue weighted by Crippen LogP contribution is -2.15. The van der Waals surface area contributed by atoms with Gasteiger partial charge in [-0.15, -0.1) is 0 Å². The van der Waals surface area contributed by atoms with Crippen molar-refractivity contribution in [2.75, 3.05) is 0 Å². The Hall–Kier alpha value is -5.87. The molecule has 0 radical (unpaired) electrons. The molecular formula is C42H29N3O. The third-order valence-electron chi connectivity index (χ3n) is 9.34. The molecule has 1 aliphatic rings. The Labute approximate surface area is 267 Å². The van der Waals surface area contributed by atoms with E-state index in [1.807, 2.05) is 42.5 Å². The number of hydrogen-bond acceptors (Lipinski definition) is 4. The van der Waals surface area contributed by atoms with Gasteiger partial charge < -0.3 is 4.42 Å². The van der Waals surface area contributed by atoms with Gasteiger partial charge in [0.25, 0.3) is 0 Å². The highest BCUT2D eigenvalue weighted by atomic mass is 16.3. The van der Waals surface area contributed by atoms with Crippen LogP contribution in [0, 0.1) is 0 Å². The largest absolute Gasteiger partial charge is 0.456 e. The molecular weight excluding hydrogens is 562 g/mol. The number of para-hydroxylation sites is 1. The number of fused-ring (bicyclic) bond motifs is 7. The predicted molar refractivity (Wildman–Crippen MR) is 186 cm³/mol. The van der Waals surface area contributed by atoms with E-state index in [9.17, 15) is 0 Å². The van der Waals surface area contributed by atoms with Crippen molar-refractivity contribution >= 4 is 21.9 Å². The van der Waals surface area contributed by atoms with Crippen LogP contribution in [-0.2, 0) is 5.41 Å². The second-order valence-electron chi connectivity index (χ2n) is 12.4. The van der Waals surface area contributed by atoms with Gasteiger partial charge in [-0.05, 0) is 45.5 Å². The Morgan fingerprint density at radius 3 is 1.85 bits per heavy atom. The quantitative estimate of drug-likeness (QED) is 0.204. The van der Waals surface area contributed by atoms with E-state index >= 15 is 0 Å². The Morgan fingerprint density at radius 1 is 0.457 bits per heavy atom. The van der Waals surface area contributed by atoms with Crippen molar-refractivity contribution in [3.63, 3.8) is 0 Å². The van der Waals surface area contributed by atoms with Crippen LogP contribution in [0.25, 0.3) is 78.4 Å². The fourth-order valence-electron chi connectivity index (χ4n) is 7.24. The molecule has 0 aliphatic heterocycles. The highest BCUT2D eigenvalue weighted by molar-refractivity contribution is 6.11. The van der Waals surface area contributed by atoms with Crippen molar-refractivity contribution in [3.05, 3.63) is 151 Å². The number of nitrogens with zero attached hydrogens (tertiary/aromatic N) is 3. The zero-order valence-electron chi connectivity index (χ0n) is 25.5. The highest BCUT2D eigenvalue weighted by Crippen LogP contribution is 2.55. The van der Waals surface area contributed by atoms with Gasteiger partial charge in [-0.2, -0.15) is 0 Å². The Morgan fingerprint density at radius 2 is 1.07 bits per heavy atom. The van der Waals surface area contributed by atoms with Gasteiger partial charge in [0.2, 0.25) is 0 Å². The summed E-state index contributed by atoms with van der Waals surface area (Å²) < 4.78 is 6.33. The molecule has 0 amide bonds. The first-order chi connectivity index (χ1) is 22.6. The van der Waals surface area contributed by atoms with E-state index < -0.39 is 0 Å². The zero-order chi connectivity index (χ0) is 30.8. The fraction of sp³-hybridized carbons (Fsp3) is 0.0714. The molecule has 4 nitrogen and oxygen atoms in total. The first-order valence-corrected chi connectivity index (χ1v) is 15.6. The fourth-order valence-corrected chi connectivity index (χ4v) is 7.24. The topological polar surface area (TPSA) is 51.8 Å². The summed E-state index contributed by atoms with van der Waals surface area (Å²) in [6.45, 7) is 4.62. The summed E-state index contributed by atoms with van der Waals surface area (Å²) in [7, 11) is 0. The highest BCUT2D eigenvalue weighted by Gasteiger charge is 2.40. The average Bonchev–Trinajstić information content (AvgIpc) is 3.60. The van der Waals surface area contributed by atoms with Crippen LogP contribution in [0.2, 0.25) is 0 Å². The van der Waals surface area contributed by atoms with E-state index in [-0.39, 0.29) is 5.41 Å². The first kappa shape index (κ1) is 26.5. The maximum atomic E-state index is 6.33. The van der Waals surface area contributed by atoms with Crippen LogP contribution < -0.4 is 0 Å². The van der Waals surface area contributed by atoms with Crippen LogP contribution in [0.3, 0.4) is 0 Å². The van der Waals surface area contributed by atoms with Gasteiger partial charge in [0.1, 0.15) is 11.2 Å². The number of furan rings is 1. The molecule has 2 aromatic heterocycles. The van der Waals surface area contributed by atoms with Gasteiger partial charge in [-0.3, -0.25) is 0 Å². The maximum absolute atomic E-state index is 6.33. The van der Waals surface area contributed by atoms with Crippen LogP contribution in [0.1, 0.15) is 25.0 Å². The second kappa shape index (κ2) is 10.1. The number of hydrogen-bond donors (Lipinski definition) is 0. The molecule has 9 rings (SSSR count). The van der Waals surface area contributed by atoms with Crippen LogP contribution in [0.5, 0.6) is 0 Å². The molecule has 0 atom stereocenters. The van der Waals surface area contributed by atoms with E-state index in [0.29, 0.717) is 17.5 Å². The predicted octanol–water partition coefficient (Wildman–Crippen LogP) is 10.7. The molecule has 0 fully saturated rings. The van der Waals surface area contributed by atoms with Gasteiger partial charge in [0.05, 0.1) is 0 Å². The van der Waals surface area contributed by atoms with Crippen LogP contribution in [0.15, 0.2) is 144 Å². The summed E-state index contributed by atoms with van der Waals surface area (Å²) >= 11 is 0. The Balaban J connectivity index is 1.32. The minimum absolute atomic E-state index is 0.259. The summed E-state index contributed by atoms with van der Waals surface area (Å²) in [5.41, 5.74) is 11.6. The second-order valence-corrected chi connectivity index (χ2v) is 12.4. The SMILES string of the molecule is CC1(C)c2cccc(-c3nc(-c4ccccc4)nc(-c4ccccc4-c4ccccc4)n3)c2-c2ccc3oc4ccccc4c3c21. The van der Waals surface area contributed by atoms with Crippen molar-refractivity contribution < 1.29 is 4.42 Å². The summed E-state index contributed by atoms with van der Waals surface area (Å²) in [5, 5.41) is 2.32. The smallest absolute Gasteiger partial charge is 0.164 e. The van der Waals surface area contributed by atoms with Gasteiger partial charge in [0, 0.05) is 32.9 Å². The molecule has 8 aromatic rings. The molecule has 46 heavy (non-hydrogen) atoms. The van der Waals surface area contributed by atoms with Crippen molar-refractivity contribution in [2.24, 2.45) is 0 Å². The number of benzene rings is 6. The van der Waals surface area contributed by atoms with E-state index in [4.69, 9.17) is 19.4 Å². The molecule has 0 saturated carbocycles. The summed E-state index contributed by atoms with van der Waals surface area (Å²) in [4.78, 5) is 15.5. The summed E-state index contributed by atoms with van der Waals surface area (Å²) in [6, 6.07) is 48.1. The molecule has 1 aliphatic carbocycles. The third kappa shape index (κ3) is 3.97. The Kier molecular flexibility index (Phi) is 5.81. The number of rotatable bonds is 4. The van der Waals surface area contributed by atoms with Gasteiger partial charge >= 0.3 is 0 Å². The third-order valence-corrected chi connectivity index (χ3v) is 9.34. The molecule has 0 saturated heterocycles. The summed E-state index contributed by atoms with van der Waals surface area (Å²) in [6.07, 6.45) is 0. The molecule has 0 N–H and O–H groups in total. The lowest BCUT2D eigenvalue weighted by Gasteiger charge is -2.22. The van der Waals surface area contributed by atoms with Gasteiger partial charge in [0.15, 0.2) is 17.5 Å². The van der Waals surface area contributed by atoms with E-state index in [0.717, 1.165) is 44.4 Å². The summed E-state index contributed by atoms with van der Waals surface area (Å²) in [5.74, 6) is 1.95. The molecule has 0 unspecified atom stereocenters. The van der Waals surface area contributed by atoms with E-state index in [1.165, 1.54) is 27.6 Å². The number of aromatic nitrogens is 3. The normalized spacial score (nSPS) is 13.2. The monoisotopic (exact) mass is 591 g/mol. The molecule has 4 heteroatoms. The molecule has 2 heterocycles. The van der Waals surface area contributed by atoms with Crippen LogP contribution in [-0.4, -0.2) is 15.0 Å².